The zero-order valence-electron chi connectivity index (χ0n) is 24.1. The van der Waals surface area contributed by atoms with Crippen molar-refractivity contribution < 1.29 is 31.2 Å². The highest BCUT2D eigenvalue weighted by Gasteiger charge is 2.36. The molecule has 0 radical (unpaired) electrons. The summed E-state index contributed by atoms with van der Waals surface area (Å²) < 4.78 is 69.2. The van der Waals surface area contributed by atoms with E-state index in [4.69, 9.17) is 0 Å². The van der Waals surface area contributed by atoms with E-state index in [1.165, 1.54) is 23.1 Å². The van der Waals surface area contributed by atoms with Crippen LogP contribution in [0.1, 0.15) is 43.9 Å². The SMILES string of the molecule is CC[C@H](C(=O)NCC(C)C)N(Cc1ccccc1)C(=O)CN(c1cccc(C(F)(F)F)c1)S(=O)(=O)c1ccc(C)cc1. The van der Waals surface area contributed by atoms with Crippen LogP contribution in [0.2, 0.25) is 0 Å². The van der Waals surface area contributed by atoms with Crippen molar-refractivity contribution in [2.75, 3.05) is 17.4 Å². The molecular formula is C31H36F3N3O4S. The first-order chi connectivity index (χ1) is 19.7. The van der Waals surface area contributed by atoms with Gasteiger partial charge in [-0.25, -0.2) is 8.42 Å². The van der Waals surface area contributed by atoms with Gasteiger partial charge in [0, 0.05) is 13.1 Å². The van der Waals surface area contributed by atoms with Gasteiger partial charge in [-0.05, 0) is 55.2 Å². The molecule has 1 N–H and O–H groups in total. The number of hydrogen-bond donors (Lipinski definition) is 1. The van der Waals surface area contributed by atoms with Gasteiger partial charge in [0.2, 0.25) is 11.8 Å². The molecular weight excluding hydrogens is 567 g/mol. The van der Waals surface area contributed by atoms with Crippen LogP contribution >= 0.6 is 0 Å². The number of alkyl halides is 3. The van der Waals surface area contributed by atoms with Crippen LogP contribution < -0.4 is 9.62 Å². The summed E-state index contributed by atoms with van der Waals surface area (Å²) in [7, 11) is -4.49. The number of halogens is 3. The van der Waals surface area contributed by atoms with Crippen LogP contribution in [-0.4, -0.2) is 44.3 Å². The third-order valence-corrected chi connectivity index (χ3v) is 8.40. The fraction of sp³-hybridized carbons (Fsp3) is 0.355. The number of aryl methyl sites for hydroxylation is 1. The first kappa shape index (κ1) is 32.7. The van der Waals surface area contributed by atoms with E-state index in [0.29, 0.717) is 22.5 Å². The van der Waals surface area contributed by atoms with E-state index in [-0.39, 0.29) is 29.5 Å². The Labute approximate surface area is 245 Å². The van der Waals surface area contributed by atoms with Crippen LogP contribution in [0.4, 0.5) is 18.9 Å². The first-order valence-corrected chi connectivity index (χ1v) is 15.1. The summed E-state index contributed by atoms with van der Waals surface area (Å²) in [5.74, 6) is -0.984. The molecule has 0 aliphatic heterocycles. The van der Waals surface area contributed by atoms with Gasteiger partial charge >= 0.3 is 6.18 Å². The average Bonchev–Trinajstić information content (AvgIpc) is 2.94. The lowest BCUT2D eigenvalue weighted by Gasteiger charge is -2.33. The number of sulfonamides is 1. The number of amides is 2. The Balaban J connectivity index is 2.09. The Hall–Kier alpha value is -3.86. The standard InChI is InChI=1S/C31H36F3N3O4S/c1-5-28(30(39)35-19-22(2)3)36(20-24-10-7-6-8-11-24)29(38)21-37(26-13-9-12-25(18-26)31(32,33)34)42(40,41)27-16-14-23(4)15-17-27/h6-18,22,28H,5,19-21H2,1-4H3,(H,35,39)/t28-/m1/s1. The van der Waals surface area contributed by atoms with Gasteiger partial charge < -0.3 is 10.2 Å². The summed E-state index contributed by atoms with van der Waals surface area (Å²) in [5.41, 5.74) is 0.101. The molecule has 7 nitrogen and oxygen atoms in total. The van der Waals surface area contributed by atoms with Gasteiger partial charge in [0.25, 0.3) is 10.0 Å². The molecule has 3 aromatic rings. The average molecular weight is 604 g/mol. The van der Waals surface area contributed by atoms with Gasteiger partial charge in [-0.3, -0.25) is 13.9 Å². The molecule has 0 bridgehead atoms. The Morgan fingerprint density at radius 1 is 0.929 bits per heavy atom. The lowest BCUT2D eigenvalue weighted by atomic mass is 10.1. The summed E-state index contributed by atoms with van der Waals surface area (Å²) in [6.45, 7) is 6.90. The minimum absolute atomic E-state index is 0.00567. The molecule has 11 heteroatoms. The van der Waals surface area contributed by atoms with Crippen LogP contribution in [0.3, 0.4) is 0 Å². The Morgan fingerprint density at radius 3 is 2.14 bits per heavy atom. The third-order valence-electron chi connectivity index (χ3n) is 6.62. The number of nitrogens with zero attached hydrogens (tertiary/aromatic N) is 2. The van der Waals surface area contributed by atoms with Gasteiger partial charge in [0.05, 0.1) is 16.1 Å². The second kappa shape index (κ2) is 13.9. The molecule has 1 atom stereocenters. The number of carbonyl (C=O) groups excluding carboxylic acids is 2. The quantitative estimate of drug-likeness (QED) is 0.284. The largest absolute Gasteiger partial charge is 0.416 e. The monoisotopic (exact) mass is 603 g/mol. The molecule has 0 aliphatic rings. The summed E-state index contributed by atoms with van der Waals surface area (Å²) in [6.07, 6.45) is -4.50. The zero-order chi connectivity index (χ0) is 31.1. The lowest BCUT2D eigenvalue weighted by molar-refractivity contribution is -0.140. The van der Waals surface area contributed by atoms with Crippen molar-refractivity contribution >= 4 is 27.5 Å². The summed E-state index contributed by atoms with van der Waals surface area (Å²) in [4.78, 5) is 28.3. The number of benzene rings is 3. The predicted molar refractivity (Wildman–Crippen MR) is 156 cm³/mol. The zero-order valence-corrected chi connectivity index (χ0v) is 24.9. The molecule has 2 amide bonds. The van der Waals surface area contributed by atoms with Crippen LogP contribution in [0, 0.1) is 12.8 Å². The fourth-order valence-electron chi connectivity index (χ4n) is 4.33. The molecule has 0 spiro atoms. The molecule has 0 heterocycles. The highest BCUT2D eigenvalue weighted by molar-refractivity contribution is 7.92. The van der Waals surface area contributed by atoms with E-state index < -0.39 is 46.2 Å². The number of rotatable bonds is 12. The molecule has 3 aromatic carbocycles. The van der Waals surface area contributed by atoms with Crippen molar-refractivity contribution in [1.29, 1.82) is 0 Å². The molecule has 0 saturated carbocycles. The summed E-state index contributed by atoms with van der Waals surface area (Å²) >= 11 is 0. The maximum atomic E-state index is 14.0. The number of anilines is 1. The Morgan fingerprint density at radius 2 is 1.57 bits per heavy atom. The minimum atomic E-state index is -4.74. The van der Waals surface area contributed by atoms with Crippen molar-refractivity contribution in [3.63, 3.8) is 0 Å². The van der Waals surface area contributed by atoms with E-state index in [1.54, 1.807) is 56.3 Å². The highest BCUT2D eigenvalue weighted by Crippen LogP contribution is 2.33. The molecule has 42 heavy (non-hydrogen) atoms. The van der Waals surface area contributed by atoms with Crippen LogP contribution in [0.5, 0.6) is 0 Å². The normalized spacial score (nSPS) is 12.6. The lowest BCUT2D eigenvalue weighted by Crippen LogP contribution is -2.52. The van der Waals surface area contributed by atoms with Gasteiger partial charge in [0.1, 0.15) is 12.6 Å². The maximum Gasteiger partial charge on any atom is 0.416 e. The molecule has 226 valence electrons. The third kappa shape index (κ3) is 8.34. The Kier molecular flexibility index (Phi) is 10.8. The van der Waals surface area contributed by atoms with Crippen LogP contribution in [0.25, 0.3) is 0 Å². The number of carbonyl (C=O) groups is 2. The van der Waals surface area contributed by atoms with E-state index in [9.17, 15) is 31.2 Å². The minimum Gasteiger partial charge on any atom is -0.354 e. The maximum absolute atomic E-state index is 14.0. The van der Waals surface area contributed by atoms with Gasteiger partial charge in [-0.15, -0.1) is 0 Å². The van der Waals surface area contributed by atoms with Crippen LogP contribution in [0.15, 0.2) is 83.8 Å². The van der Waals surface area contributed by atoms with Crippen molar-refractivity contribution in [2.24, 2.45) is 5.92 Å². The second-order valence-corrected chi connectivity index (χ2v) is 12.3. The van der Waals surface area contributed by atoms with E-state index in [0.717, 1.165) is 17.7 Å². The van der Waals surface area contributed by atoms with Crippen LogP contribution in [-0.2, 0) is 32.3 Å². The van der Waals surface area contributed by atoms with Crippen molar-refractivity contribution in [3.05, 3.63) is 95.6 Å². The molecule has 0 aliphatic carbocycles. The summed E-state index contributed by atoms with van der Waals surface area (Å²) in [5, 5.41) is 2.84. The van der Waals surface area contributed by atoms with E-state index in [1.807, 2.05) is 13.8 Å². The molecule has 0 unspecified atom stereocenters. The predicted octanol–water partition coefficient (Wildman–Crippen LogP) is 5.79. The smallest absolute Gasteiger partial charge is 0.354 e. The van der Waals surface area contributed by atoms with Gasteiger partial charge in [-0.2, -0.15) is 13.2 Å². The molecule has 3 rings (SSSR count). The van der Waals surface area contributed by atoms with Gasteiger partial charge in [0.15, 0.2) is 0 Å². The number of hydrogen-bond acceptors (Lipinski definition) is 4. The fourth-order valence-corrected chi connectivity index (χ4v) is 5.73. The summed E-state index contributed by atoms with van der Waals surface area (Å²) in [6, 6.07) is 17.6. The van der Waals surface area contributed by atoms with Crippen molar-refractivity contribution in [1.82, 2.24) is 10.2 Å². The second-order valence-electron chi connectivity index (χ2n) is 10.4. The number of nitrogens with one attached hydrogen (secondary N) is 1. The first-order valence-electron chi connectivity index (χ1n) is 13.6. The molecule has 0 saturated heterocycles. The highest BCUT2D eigenvalue weighted by atomic mass is 32.2. The van der Waals surface area contributed by atoms with Crippen molar-refractivity contribution in [2.45, 2.75) is 57.8 Å². The molecule has 0 fully saturated rings. The Bertz CT molecular complexity index is 1460. The topological polar surface area (TPSA) is 86.8 Å². The van der Waals surface area contributed by atoms with E-state index >= 15 is 0 Å². The van der Waals surface area contributed by atoms with Crippen molar-refractivity contribution in [3.8, 4) is 0 Å². The van der Waals surface area contributed by atoms with E-state index in [2.05, 4.69) is 5.32 Å². The molecule has 0 aromatic heterocycles. The van der Waals surface area contributed by atoms with Gasteiger partial charge in [-0.1, -0.05) is 74.9 Å².